The van der Waals surface area contributed by atoms with Gasteiger partial charge in [-0.05, 0) is 38.5 Å². The molecule has 0 aliphatic carbocycles. The molecule has 1 atom stereocenters. The first-order valence-electron chi connectivity index (χ1n) is 5.35. The van der Waals surface area contributed by atoms with Crippen LogP contribution in [0.4, 0.5) is 11.4 Å². The number of aryl methyl sites for hydroxylation is 1. The molecule has 0 aliphatic rings. The predicted molar refractivity (Wildman–Crippen MR) is 65.2 cm³/mol. The molecule has 0 amide bonds. The third kappa shape index (κ3) is 3.80. The van der Waals surface area contributed by atoms with Crippen molar-refractivity contribution in [3.05, 3.63) is 23.8 Å². The molecule has 84 valence electrons. The van der Waals surface area contributed by atoms with Gasteiger partial charge >= 0.3 is 0 Å². The summed E-state index contributed by atoms with van der Waals surface area (Å²) < 4.78 is 5.42. The smallest absolute Gasteiger partial charge is 0.0719 e. The van der Waals surface area contributed by atoms with Crippen LogP contribution in [-0.2, 0) is 4.74 Å². The van der Waals surface area contributed by atoms with E-state index in [-0.39, 0.29) is 6.10 Å². The first-order chi connectivity index (χ1) is 7.13. The molecule has 0 spiro atoms. The highest BCUT2D eigenvalue weighted by atomic mass is 16.5. The highest BCUT2D eigenvalue weighted by Gasteiger charge is 2.02. The van der Waals surface area contributed by atoms with E-state index in [0.29, 0.717) is 0 Å². The second-order valence-electron chi connectivity index (χ2n) is 3.74. The molecule has 3 N–H and O–H groups in total. The fourth-order valence-corrected chi connectivity index (χ4v) is 1.44. The molecule has 3 nitrogen and oxygen atoms in total. The third-order valence-electron chi connectivity index (χ3n) is 2.24. The lowest BCUT2D eigenvalue weighted by molar-refractivity contribution is 0.0855. The highest BCUT2D eigenvalue weighted by Crippen LogP contribution is 2.19. The van der Waals surface area contributed by atoms with Crippen LogP contribution in [0.2, 0.25) is 0 Å². The van der Waals surface area contributed by atoms with Gasteiger partial charge in [-0.1, -0.05) is 6.07 Å². The Bertz CT molecular complexity index is 312. The van der Waals surface area contributed by atoms with E-state index in [1.807, 2.05) is 39.0 Å². The van der Waals surface area contributed by atoms with Gasteiger partial charge in [0.15, 0.2) is 0 Å². The molecule has 0 fully saturated rings. The molecule has 1 unspecified atom stereocenters. The Morgan fingerprint density at radius 2 is 2.20 bits per heavy atom. The van der Waals surface area contributed by atoms with E-state index in [4.69, 9.17) is 10.5 Å². The van der Waals surface area contributed by atoms with Gasteiger partial charge in [0.1, 0.15) is 0 Å². The molecule has 0 aromatic heterocycles. The molecule has 0 bridgehead atoms. The van der Waals surface area contributed by atoms with E-state index < -0.39 is 0 Å². The number of ether oxygens (including phenoxy) is 1. The summed E-state index contributed by atoms with van der Waals surface area (Å²) in [7, 11) is 0. The second-order valence-corrected chi connectivity index (χ2v) is 3.74. The van der Waals surface area contributed by atoms with Crippen LogP contribution < -0.4 is 11.1 Å². The summed E-state index contributed by atoms with van der Waals surface area (Å²) in [6.45, 7) is 7.59. The third-order valence-corrected chi connectivity index (χ3v) is 2.24. The Kier molecular flexibility index (Phi) is 4.43. The topological polar surface area (TPSA) is 47.3 Å². The Balaban J connectivity index is 2.50. The fourth-order valence-electron chi connectivity index (χ4n) is 1.44. The van der Waals surface area contributed by atoms with Gasteiger partial charge in [0.05, 0.1) is 17.5 Å². The van der Waals surface area contributed by atoms with Crippen molar-refractivity contribution in [3.8, 4) is 0 Å². The number of nitrogens with one attached hydrogen (secondary N) is 1. The molecular weight excluding hydrogens is 188 g/mol. The summed E-state index contributed by atoms with van der Waals surface area (Å²) in [5.74, 6) is 0. The van der Waals surface area contributed by atoms with Crippen LogP contribution >= 0.6 is 0 Å². The summed E-state index contributed by atoms with van der Waals surface area (Å²) in [5.41, 5.74) is 8.82. The van der Waals surface area contributed by atoms with Crippen LogP contribution in [0, 0.1) is 6.92 Å². The van der Waals surface area contributed by atoms with Gasteiger partial charge in [-0.3, -0.25) is 0 Å². The predicted octanol–water partition coefficient (Wildman–Crippen LogP) is 2.41. The summed E-state index contributed by atoms with van der Waals surface area (Å²) in [5, 5.41) is 3.27. The molecule has 15 heavy (non-hydrogen) atoms. The van der Waals surface area contributed by atoms with Crippen molar-refractivity contribution in [2.75, 3.05) is 24.2 Å². The zero-order chi connectivity index (χ0) is 11.3. The van der Waals surface area contributed by atoms with Gasteiger partial charge in [0.2, 0.25) is 0 Å². The molecule has 1 aromatic rings. The lowest BCUT2D eigenvalue weighted by Gasteiger charge is -2.15. The standard InChI is InChI=1S/C12H20N2O/c1-4-15-10(3)8-14-12-6-5-9(2)7-11(12)13/h5-7,10,14H,4,8,13H2,1-3H3. The van der Waals surface area contributed by atoms with E-state index in [0.717, 1.165) is 24.5 Å². The Morgan fingerprint density at radius 1 is 1.47 bits per heavy atom. The first kappa shape index (κ1) is 11.9. The maximum absolute atomic E-state index is 5.88. The largest absolute Gasteiger partial charge is 0.397 e. The van der Waals surface area contributed by atoms with E-state index in [1.165, 1.54) is 5.56 Å². The number of nitrogens with two attached hydrogens (primary N) is 1. The van der Waals surface area contributed by atoms with Crippen LogP contribution in [0.25, 0.3) is 0 Å². The zero-order valence-electron chi connectivity index (χ0n) is 9.71. The first-order valence-corrected chi connectivity index (χ1v) is 5.35. The average Bonchev–Trinajstić information content (AvgIpc) is 2.17. The van der Waals surface area contributed by atoms with E-state index >= 15 is 0 Å². The lowest BCUT2D eigenvalue weighted by Crippen LogP contribution is -2.20. The molecule has 0 saturated carbocycles. The van der Waals surface area contributed by atoms with E-state index in [2.05, 4.69) is 5.32 Å². The van der Waals surface area contributed by atoms with Gasteiger partial charge in [-0.25, -0.2) is 0 Å². The van der Waals surface area contributed by atoms with Crippen molar-refractivity contribution in [2.24, 2.45) is 0 Å². The van der Waals surface area contributed by atoms with Gasteiger partial charge in [-0.15, -0.1) is 0 Å². The molecule has 0 aliphatic heterocycles. The Hall–Kier alpha value is -1.22. The fraction of sp³-hybridized carbons (Fsp3) is 0.500. The maximum atomic E-state index is 5.88. The van der Waals surface area contributed by atoms with E-state index in [9.17, 15) is 0 Å². The summed E-state index contributed by atoms with van der Waals surface area (Å²) in [4.78, 5) is 0. The average molecular weight is 208 g/mol. The van der Waals surface area contributed by atoms with Crippen molar-refractivity contribution < 1.29 is 4.74 Å². The van der Waals surface area contributed by atoms with Crippen molar-refractivity contribution in [1.82, 2.24) is 0 Å². The number of nitrogen functional groups attached to an aromatic ring is 1. The van der Waals surface area contributed by atoms with Crippen LogP contribution in [-0.4, -0.2) is 19.3 Å². The molecule has 3 heteroatoms. The SMILES string of the molecule is CCOC(C)CNc1ccc(C)cc1N. The summed E-state index contributed by atoms with van der Waals surface area (Å²) in [6, 6.07) is 6.01. The highest BCUT2D eigenvalue weighted by molar-refractivity contribution is 5.66. The minimum absolute atomic E-state index is 0.204. The van der Waals surface area contributed by atoms with Crippen LogP contribution in [0.3, 0.4) is 0 Å². The normalized spacial score (nSPS) is 12.5. The van der Waals surface area contributed by atoms with Crippen LogP contribution in [0.5, 0.6) is 0 Å². The summed E-state index contributed by atoms with van der Waals surface area (Å²) in [6.07, 6.45) is 0.204. The Labute approximate surface area is 91.6 Å². The second kappa shape index (κ2) is 5.61. The zero-order valence-corrected chi connectivity index (χ0v) is 9.71. The number of anilines is 2. The number of hydrogen-bond acceptors (Lipinski definition) is 3. The van der Waals surface area contributed by atoms with E-state index in [1.54, 1.807) is 0 Å². The van der Waals surface area contributed by atoms with Gasteiger partial charge < -0.3 is 15.8 Å². The van der Waals surface area contributed by atoms with Gasteiger partial charge in [0.25, 0.3) is 0 Å². The summed E-state index contributed by atoms with van der Waals surface area (Å²) >= 11 is 0. The van der Waals surface area contributed by atoms with Crippen LogP contribution in [0.1, 0.15) is 19.4 Å². The van der Waals surface area contributed by atoms with Crippen LogP contribution in [0.15, 0.2) is 18.2 Å². The molecule has 0 radical (unpaired) electrons. The molecular formula is C12H20N2O. The minimum atomic E-state index is 0.204. The van der Waals surface area contributed by atoms with Crippen molar-refractivity contribution in [1.29, 1.82) is 0 Å². The quantitative estimate of drug-likeness (QED) is 0.730. The molecule has 0 heterocycles. The number of benzene rings is 1. The number of hydrogen-bond donors (Lipinski definition) is 2. The Morgan fingerprint density at radius 3 is 2.80 bits per heavy atom. The van der Waals surface area contributed by atoms with Crippen molar-refractivity contribution >= 4 is 11.4 Å². The van der Waals surface area contributed by atoms with Gasteiger partial charge in [0, 0.05) is 13.2 Å². The monoisotopic (exact) mass is 208 g/mol. The lowest BCUT2D eigenvalue weighted by atomic mass is 10.2. The number of rotatable bonds is 5. The molecule has 1 rings (SSSR count). The molecule has 1 aromatic carbocycles. The molecule has 0 saturated heterocycles. The van der Waals surface area contributed by atoms with Gasteiger partial charge in [-0.2, -0.15) is 0 Å². The minimum Gasteiger partial charge on any atom is -0.397 e. The van der Waals surface area contributed by atoms with Crippen molar-refractivity contribution in [3.63, 3.8) is 0 Å². The maximum Gasteiger partial charge on any atom is 0.0719 e. The van der Waals surface area contributed by atoms with Crippen molar-refractivity contribution in [2.45, 2.75) is 26.9 Å².